The Kier molecular flexibility index (Phi) is 4.76. The summed E-state index contributed by atoms with van der Waals surface area (Å²) in [4.78, 5) is 12.5. The summed E-state index contributed by atoms with van der Waals surface area (Å²) in [5.41, 5.74) is 7.25. The molecule has 108 valence electrons. The monoisotopic (exact) mass is 290 g/mol. The Balaban J connectivity index is 1.92. The first-order valence-electron chi connectivity index (χ1n) is 7.18. The molecule has 0 aliphatic heterocycles. The normalized spacial score (nSPS) is 17.4. The van der Waals surface area contributed by atoms with Crippen molar-refractivity contribution in [1.29, 1.82) is 0 Å². The summed E-state index contributed by atoms with van der Waals surface area (Å²) in [5.74, 6) is -0.0220. The molecule has 0 aromatic heterocycles. The van der Waals surface area contributed by atoms with Crippen LogP contribution in [0.25, 0.3) is 0 Å². The second-order valence-corrected chi connectivity index (χ2v) is 6.44. The molecule has 2 rings (SSSR count). The van der Waals surface area contributed by atoms with Gasteiger partial charge in [0.2, 0.25) is 0 Å². The summed E-state index contributed by atoms with van der Waals surface area (Å²) in [6.45, 7) is 3.02. The Labute approximate surface area is 125 Å². The SMILES string of the molecule is CC1(CNC(=O)c2ccc(C(N)=S)cc2)CCCCC1. The molecule has 1 aromatic carbocycles. The summed E-state index contributed by atoms with van der Waals surface area (Å²) >= 11 is 4.90. The van der Waals surface area contributed by atoms with Crippen LogP contribution in [0.4, 0.5) is 0 Å². The van der Waals surface area contributed by atoms with Crippen molar-refractivity contribution in [3.63, 3.8) is 0 Å². The van der Waals surface area contributed by atoms with Crippen LogP contribution >= 0.6 is 12.2 Å². The molecule has 3 N–H and O–H groups in total. The van der Waals surface area contributed by atoms with Crippen molar-refractivity contribution in [1.82, 2.24) is 5.32 Å². The molecule has 0 spiro atoms. The lowest BCUT2D eigenvalue weighted by Crippen LogP contribution is -2.37. The van der Waals surface area contributed by atoms with Crippen molar-refractivity contribution in [2.75, 3.05) is 6.54 Å². The number of nitrogens with one attached hydrogen (secondary N) is 1. The first kappa shape index (κ1) is 15.0. The summed E-state index contributed by atoms with van der Waals surface area (Å²) in [6, 6.07) is 7.12. The highest BCUT2D eigenvalue weighted by Crippen LogP contribution is 2.34. The van der Waals surface area contributed by atoms with Crippen molar-refractivity contribution in [2.45, 2.75) is 39.0 Å². The number of nitrogens with two attached hydrogens (primary N) is 1. The van der Waals surface area contributed by atoms with E-state index >= 15 is 0 Å². The maximum atomic E-state index is 12.1. The minimum absolute atomic E-state index is 0.0220. The van der Waals surface area contributed by atoms with Gasteiger partial charge in [0.05, 0.1) is 0 Å². The number of carbonyl (C=O) groups excluding carboxylic acids is 1. The van der Waals surface area contributed by atoms with Crippen molar-refractivity contribution in [3.8, 4) is 0 Å². The predicted octanol–water partition coefficient (Wildman–Crippen LogP) is 3.02. The van der Waals surface area contributed by atoms with Crippen LogP contribution in [0, 0.1) is 5.41 Å². The minimum Gasteiger partial charge on any atom is -0.389 e. The van der Waals surface area contributed by atoms with Gasteiger partial charge in [-0.3, -0.25) is 4.79 Å². The zero-order valence-electron chi connectivity index (χ0n) is 11.9. The highest BCUT2D eigenvalue weighted by Gasteiger charge is 2.27. The molecule has 1 amide bonds. The fourth-order valence-electron chi connectivity index (χ4n) is 2.76. The fourth-order valence-corrected chi connectivity index (χ4v) is 2.90. The Morgan fingerprint density at radius 3 is 2.30 bits per heavy atom. The Hall–Kier alpha value is -1.42. The second kappa shape index (κ2) is 6.35. The average Bonchev–Trinajstić information content (AvgIpc) is 2.46. The lowest BCUT2D eigenvalue weighted by atomic mass is 9.76. The van der Waals surface area contributed by atoms with Crippen molar-refractivity contribution in [3.05, 3.63) is 35.4 Å². The van der Waals surface area contributed by atoms with E-state index in [0.717, 1.165) is 12.1 Å². The molecular weight excluding hydrogens is 268 g/mol. The molecule has 1 aliphatic rings. The van der Waals surface area contributed by atoms with E-state index in [1.807, 2.05) is 0 Å². The number of hydrogen-bond acceptors (Lipinski definition) is 2. The zero-order valence-corrected chi connectivity index (χ0v) is 12.8. The van der Waals surface area contributed by atoms with Crippen LogP contribution in [0.2, 0.25) is 0 Å². The molecule has 0 atom stereocenters. The first-order chi connectivity index (χ1) is 9.50. The summed E-state index contributed by atoms with van der Waals surface area (Å²) < 4.78 is 0. The quantitative estimate of drug-likeness (QED) is 0.838. The molecule has 0 heterocycles. The maximum Gasteiger partial charge on any atom is 0.251 e. The largest absolute Gasteiger partial charge is 0.389 e. The van der Waals surface area contributed by atoms with E-state index in [2.05, 4.69) is 12.2 Å². The highest BCUT2D eigenvalue weighted by atomic mass is 32.1. The predicted molar refractivity (Wildman–Crippen MR) is 85.9 cm³/mol. The molecule has 3 nitrogen and oxygen atoms in total. The number of amides is 1. The second-order valence-electron chi connectivity index (χ2n) is 6.00. The van der Waals surface area contributed by atoms with Crippen LogP contribution in [-0.2, 0) is 0 Å². The van der Waals surface area contributed by atoms with Gasteiger partial charge in [-0.15, -0.1) is 0 Å². The van der Waals surface area contributed by atoms with Gasteiger partial charge in [-0.1, -0.05) is 50.5 Å². The van der Waals surface area contributed by atoms with E-state index in [4.69, 9.17) is 18.0 Å². The number of hydrogen-bond donors (Lipinski definition) is 2. The van der Waals surface area contributed by atoms with Crippen LogP contribution in [0.5, 0.6) is 0 Å². The molecule has 1 saturated carbocycles. The van der Waals surface area contributed by atoms with E-state index in [-0.39, 0.29) is 11.3 Å². The van der Waals surface area contributed by atoms with Crippen LogP contribution in [0.1, 0.15) is 54.9 Å². The molecule has 20 heavy (non-hydrogen) atoms. The number of rotatable bonds is 4. The van der Waals surface area contributed by atoms with Gasteiger partial charge in [0.15, 0.2) is 0 Å². The molecule has 0 radical (unpaired) electrons. The van der Waals surface area contributed by atoms with Crippen LogP contribution < -0.4 is 11.1 Å². The highest BCUT2D eigenvalue weighted by molar-refractivity contribution is 7.80. The Bertz CT molecular complexity index is 490. The fraction of sp³-hybridized carbons (Fsp3) is 0.500. The van der Waals surface area contributed by atoms with Crippen molar-refractivity contribution in [2.24, 2.45) is 11.1 Å². The molecule has 1 aromatic rings. The lowest BCUT2D eigenvalue weighted by molar-refractivity contribution is 0.0919. The Morgan fingerprint density at radius 2 is 1.75 bits per heavy atom. The van der Waals surface area contributed by atoms with Crippen molar-refractivity contribution < 1.29 is 4.79 Å². The van der Waals surface area contributed by atoms with E-state index in [9.17, 15) is 4.79 Å². The smallest absolute Gasteiger partial charge is 0.251 e. The van der Waals surface area contributed by atoms with Gasteiger partial charge in [0.1, 0.15) is 4.99 Å². The molecule has 1 aliphatic carbocycles. The van der Waals surface area contributed by atoms with Gasteiger partial charge in [-0.05, 0) is 30.4 Å². The molecular formula is C16H22N2OS. The molecule has 0 unspecified atom stereocenters. The molecule has 1 fully saturated rings. The molecule has 4 heteroatoms. The zero-order chi connectivity index (χ0) is 14.6. The minimum atomic E-state index is -0.0220. The Morgan fingerprint density at radius 1 is 1.20 bits per heavy atom. The van der Waals surface area contributed by atoms with E-state index in [1.54, 1.807) is 24.3 Å². The summed E-state index contributed by atoms with van der Waals surface area (Å²) in [5, 5.41) is 3.05. The first-order valence-corrected chi connectivity index (χ1v) is 7.59. The van der Waals surface area contributed by atoms with Gasteiger partial charge in [-0.25, -0.2) is 0 Å². The van der Waals surface area contributed by atoms with Crippen LogP contribution in [-0.4, -0.2) is 17.4 Å². The van der Waals surface area contributed by atoms with Gasteiger partial charge in [0, 0.05) is 17.7 Å². The van der Waals surface area contributed by atoms with Crippen LogP contribution in [0.3, 0.4) is 0 Å². The van der Waals surface area contributed by atoms with Gasteiger partial charge in [-0.2, -0.15) is 0 Å². The maximum absolute atomic E-state index is 12.1. The summed E-state index contributed by atoms with van der Waals surface area (Å²) in [7, 11) is 0. The van der Waals surface area contributed by atoms with E-state index in [0.29, 0.717) is 10.6 Å². The molecule has 0 bridgehead atoms. The number of thiocarbonyl (C=S) groups is 1. The van der Waals surface area contributed by atoms with Crippen molar-refractivity contribution >= 4 is 23.1 Å². The number of carbonyl (C=O) groups is 1. The van der Waals surface area contributed by atoms with Gasteiger partial charge in [0.25, 0.3) is 5.91 Å². The van der Waals surface area contributed by atoms with Gasteiger partial charge < -0.3 is 11.1 Å². The van der Waals surface area contributed by atoms with E-state index < -0.39 is 0 Å². The average molecular weight is 290 g/mol. The summed E-state index contributed by atoms with van der Waals surface area (Å²) in [6.07, 6.45) is 6.27. The van der Waals surface area contributed by atoms with Gasteiger partial charge >= 0.3 is 0 Å². The third-order valence-corrected chi connectivity index (χ3v) is 4.40. The number of benzene rings is 1. The standard InChI is InChI=1S/C16H22N2OS/c1-16(9-3-2-4-10-16)11-18-15(19)13-7-5-12(6-8-13)14(17)20/h5-8H,2-4,9-11H2,1H3,(H2,17,20)(H,18,19). The third kappa shape index (κ3) is 3.79. The third-order valence-electron chi connectivity index (χ3n) is 4.17. The molecule has 0 saturated heterocycles. The topological polar surface area (TPSA) is 55.1 Å². The van der Waals surface area contributed by atoms with E-state index in [1.165, 1.54) is 32.1 Å². The lowest BCUT2D eigenvalue weighted by Gasteiger charge is -2.33. The van der Waals surface area contributed by atoms with Crippen LogP contribution in [0.15, 0.2) is 24.3 Å².